The number of methoxy groups -OCH3 is 1. The second-order valence-corrected chi connectivity index (χ2v) is 8.95. The summed E-state index contributed by atoms with van der Waals surface area (Å²) in [6.07, 6.45) is 2.05. The molecule has 0 saturated carbocycles. The molecule has 0 bridgehead atoms. The van der Waals surface area contributed by atoms with Crippen LogP contribution >= 0.6 is 0 Å². The Kier molecular flexibility index (Phi) is 9.02. The molecule has 2 aliphatic heterocycles. The summed E-state index contributed by atoms with van der Waals surface area (Å²) >= 11 is 0. The number of likely N-dealkylation sites (tertiary alicyclic amines) is 1. The van der Waals surface area contributed by atoms with Gasteiger partial charge in [-0.2, -0.15) is 0 Å². The van der Waals surface area contributed by atoms with E-state index in [0.717, 1.165) is 76.9 Å². The van der Waals surface area contributed by atoms with Gasteiger partial charge in [0.2, 0.25) is 5.91 Å². The molecule has 2 N–H and O–H groups in total. The Bertz CT molecular complexity index is 743. The molecule has 3 rings (SSSR count). The fourth-order valence-electron chi connectivity index (χ4n) is 4.36. The average Bonchev–Trinajstić information content (AvgIpc) is 3.29. The fourth-order valence-corrected chi connectivity index (χ4v) is 4.36. The van der Waals surface area contributed by atoms with Gasteiger partial charge in [0, 0.05) is 70.5 Å². The van der Waals surface area contributed by atoms with Crippen molar-refractivity contribution in [3.8, 4) is 5.75 Å². The molecule has 0 radical (unpaired) electrons. The first-order valence-electron chi connectivity index (χ1n) is 11.9. The van der Waals surface area contributed by atoms with Crippen molar-refractivity contribution in [1.82, 2.24) is 20.4 Å². The van der Waals surface area contributed by atoms with Crippen LogP contribution < -0.4 is 20.3 Å². The van der Waals surface area contributed by atoms with E-state index in [1.807, 2.05) is 30.9 Å². The minimum atomic E-state index is 0.0595. The van der Waals surface area contributed by atoms with Crippen LogP contribution in [0.5, 0.6) is 5.75 Å². The predicted octanol–water partition coefficient (Wildman–Crippen LogP) is 1.63. The normalized spacial score (nSPS) is 20.0. The molecule has 178 valence electrons. The zero-order chi connectivity index (χ0) is 22.9. The largest absolute Gasteiger partial charge is 0.497 e. The molecule has 1 aromatic carbocycles. The number of amides is 1. The number of nitrogens with zero attached hydrogens (tertiary/aromatic N) is 4. The number of ether oxygens (including phenoxy) is 1. The highest BCUT2D eigenvalue weighted by Gasteiger charge is 2.28. The number of hydrogen-bond donors (Lipinski definition) is 2. The Morgan fingerprint density at radius 1 is 1.16 bits per heavy atom. The molecule has 2 aliphatic rings. The maximum atomic E-state index is 12.2. The zero-order valence-electron chi connectivity index (χ0n) is 20.1. The number of guanidine groups is 1. The van der Waals surface area contributed by atoms with E-state index >= 15 is 0 Å². The molecule has 2 heterocycles. The van der Waals surface area contributed by atoms with Gasteiger partial charge in [0.1, 0.15) is 5.75 Å². The summed E-state index contributed by atoms with van der Waals surface area (Å²) in [6, 6.07) is 8.60. The summed E-state index contributed by atoms with van der Waals surface area (Å²) < 4.78 is 5.25. The molecular weight excluding hydrogens is 404 g/mol. The Morgan fingerprint density at radius 3 is 2.50 bits per heavy atom. The summed E-state index contributed by atoms with van der Waals surface area (Å²) in [5, 5.41) is 6.91. The van der Waals surface area contributed by atoms with Crippen molar-refractivity contribution in [3.05, 3.63) is 24.3 Å². The number of benzene rings is 1. The average molecular weight is 445 g/mol. The first-order valence-corrected chi connectivity index (χ1v) is 11.9. The molecule has 1 atom stereocenters. The molecule has 32 heavy (non-hydrogen) atoms. The van der Waals surface area contributed by atoms with E-state index in [1.165, 1.54) is 5.69 Å². The monoisotopic (exact) mass is 444 g/mol. The Balaban J connectivity index is 1.30. The Hall–Kier alpha value is -2.48. The van der Waals surface area contributed by atoms with Gasteiger partial charge in [0.25, 0.3) is 0 Å². The van der Waals surface area contributed by atoms with Crippen molar-refractivity contribution in [2.24, 2.45) is 10.9 Å². The molecule has 8 heteroatoms. The van der Waals surface area contributed by atoms with Gasteiger partial charge < -0.3 is 25.2 Å². The lowest BCUT2D eigenvalue weighted by Gasteiger charge is -2.36. The van der Waals surface area contributed by atoms with Crippen molar-refractivity contribution in [1.29, 1.82) is 0 Å². The fraction of sp³-hybridized carbons (Fsp3) is 0.667. The topological polar surface area (TPSA) is 72.4 Å². The Morgan fingerprint density at radius 2 is 1.88 bits per heavy atom. The summed E-state index contributed by atoms with van der Waals surface area (Å²) in [7, 11) is 3.51. The highest BCUT2D eigenvalue weighted by atomic mass is 16.5. The highest BCUT2D eigenvalue weighted by Crippen LogP contribution is 2.20. The third-order valence-corrected chi connectivity index (χ3v) is 6.31. The molecule has 1 unspecified atom stereocenters. The second-order valence-electron chi connectivity index (χ2n) is 8.95. The van der Waals surface area contributed by atoms with Gasteiger partial charge >= 0.3 is 0 Å². The lowest BCUT2D eigenvalue weighted by Crippen LogP contribution is -2.48. The van der Waals surface area contributed by atoms with E-state index in [9.17, 15) is 4.79 Å². The van der Waals surface area contributed by atoms with Crippen LogP contribution in [0.2, 0.25) is 0 Å². The summed E-state index contributed by atoms with van der Waals surface area (Å²) in [5.41, 5.74) is 1.27. The molecule has 2 fully saturated rings. The van der Waals surface area contributed by atoms with Crippen LogP contribution in [0.3, 0.4) is 0 Å². The van der Waals surface area contributed by atoms with E-state index in [-0.39, 0.29) is 17.9 Å². The standard InChI is InChI=1S/C24H40N6O2/c1-19(2)23(31)30-13-10-20(18-30)27-24(25-3)26-11-5-12-28-14-16-29(17-15-28)21-6-8-22(32-4)9-7-21/h6-9,19-20H,5,10-18H2,1-4H3,(H2,25,26,27). The van der Waals surface area contributed by atoms with Crippen LogP contribution in [-0.2, 0) is 4.79 Å². The van der Waals surface area contributed by atoms with Crippen LogP contribution in [0.15, 0.2) is 29.3 Å². The first kappa shape index (κ1) is 24.2. The lowest BCUT2D eigenvalue weighted by atomic mass is 10.2. The van der Waals surface area contributed by atoms with E-state index in [1.54, 1.807) is 14.2 Å². The number of aliphatic imine (C=N–C) groups is 1. The maximum Gasteiger partial charge on any atom is 0.225 e. The number of carbonyl (C=O) groups excluding carboxylic acids is 1. The lowest BCUT2D eigenvalue weighted by molar-refractivity contribution is -0.133. The van der Waals surface area contributed by atoms with Gasteiger partial charge in [-0.1, -0.05) is 13.8 Å². The van der Waals surface area contributed by atoms with E-state index < -0.39 is 0 Å². The Labute approximate surface area is 193 Å². The van der Waals surface area contributed by atoms with Gasteiger partial charge in [-0.05, 0) is 43.7 Å². The van der Waals surface area contributed by atoms with Crippen molar-refractivity contribution in [2.75, 3.05) is 71.4 Å². The van der Waals surface area contributed by atoms with Crippen LogP contribution in [0, 0.1) is 5.92 Å². The maximum absolute atomic E-state index is 12.2. The number of rotatable bonds is 8. The number of carbonyl (C=O) groups is 1. The minimum absolute atomic E-state index is 0.0595. The van der Waals surface area contributed by atoms with Gasteiger partial charge in [0.15, 0.2) is 5.96 Å². The number of hydrogen-bond acceptors (Lipinski definition) is 5. The van der Waals surface area contributed by atoms with Gasteiger partial charge in [0.05, 0.1) is 7.11 Å². The third kappa shape index (κ3) is 6.76. The van der Waals surface area contributed by atoms with Gasteiger partial charge in [-0.25, -0.2) is 0 Å². The van der Waals surface area contributed by atoms with Crippen LogP contribution in [0.1, 0.15) is 26.7 Å². The quantitative estimate of drug-likeness (QED) is 0.361. The van der Waals surface area contributed by atoms with Crippen molar-refractivity contribution < 1.29 is 9.53 Å². The molecule has 0 aromatic heterocycles. The third-order valence-electron chi connectivity index (χ3n) is 6.31. The first-order chi connectivity index (χ1) is 15.5. The molecule has 0 aliphatic carbocycles. The summed E-state index contributed by atoms with van der Waals surface area (Å²) in [6.45, 7) is 11.8. The molecule has 1 aromatic rings. The number of piperazine rings is 1. The molecule has 2 saturated heterocycles. The highest BCUT2D eigenvalue weighted by molar-refractivity contribution is 5.81. The van der Waals surface area contributed by atoms with Crippen LogP contribution in [-0.4, -0.2) is 94.2 Å². The SMILES string of the molecule is CN=C(NCCCN1CCN(c2ccc(OC)cc2)CC1)NC1CCN(C(=O)C(C)C)C1. The van der Waals surface area contributed by atoms with E-state index in [2.05, 4.69) is 37.6 Å². The molecule has 0 spiro atoms. The smallest absolute Gasteiger partial charge is 0.225 e. The van der Waals surface area contributed by atoms with Gasteiger partial charge in [-0.15, -0.1) is 0 Å². The van der Waals surface area contributed by atoms with Crippen LogP contribution in [0.4, 0.5) is 5.69 Å². The van der Waals surface area contributed by atoms with Crippen molar-refractivity contribution in [3.63, 3.8) is 0 Å². The van der Waals surface area contributed by atoms with E-state index in [4.69, 9.17) is 4.74 Å². The second kappa shape index (κ2) is 11.9. The summed E-state index contributed by atoms with van der Waals surface area (Å²) in [5.74, 6) is 2.03. The van der Waals surface area contributed by atoms with Crippen molar-refractivity contribution in [2.45, 2.75) is 32.7 Å². The predicted molar refractivity (Wildman–Crippen MR) is 131 cm³/mol. The number of anilines is 1. The molecule has 8 nitrogen and oxygen atoms in total. The molecular formula is C24H40N6O2. The minimum Gasteiger partial charge on any atom is -0.497 e. The zero-order valence-corrected chi connectivity index (χ0v) is 20.1. The van der Waals surface area contributed by atoms with E-state index in [0.29, 0.717) is 0 Å². The number of nitrogens with one attached hydrogen (secondary N) is 2. The summed E-state index contributed by atoms with van der Waals surface area (Å²) in [4.78, 5) is 23.5. The molecule has 1 amide bonds. The van der Waals surface area contributed by atoms with Crippen molar-refractivity contribution >= 4 is 17.6 Å². The van der Waals surface area contributed by atoms with Gasteiger partial charge in [-0.3, -0.25) is 14.7 Å². The van der Waals surface area contributed by atoms with Crippen LogP contribution in [0.25, 0.3) is 0 Å².